The maximum absolute atomic E-state index is 13.3. The third kappa shape index (κ3) is 6.14. The zero-order valence-corrected chi connectivity index (χ0v) is 24.1. The minimum atomic E-state index is -1.25. The van der Waals surface area contributed by atoms with Crippen LogP contribution in [-0.2, 0) is 18.9 Å². The molecule has 2 aromatic heterocycles. The lowest BCUT2D eigenvalue weighted by Crippen LogP contribution is -2.41. The van der Waals surface area contributed by atoms with E-state index in [0.717, 1.165) is 0 Å². The van der Waals surface area contributed by atoms with Gasteiger partial charge in [0.2, 0.25) is 11.9 Å². The van der Waals surface area contributed by atoms with Crippen molar-refractivity contribution in [3.05, 3.63) is 114 Å². The predicted molar refractivity (Wildman–Crippen MR) is 157 cm³/mol. The number of benzene rings is 3. The van der Waals surface area contributed by atoms with Crippen LogP contribution in [0.2, 0.25) is 0 Å². The number of ether oxygens (including phenoxy) is 4. The lowest BCUT2D eigenvalue weighted by molar-refractivity contribution is -0.0728. The maximum Gasteiger partial charge on any atom is 0.338 e. The molecule has 0 N–H and O–H groups in total. The summed E-state index contributed by atoms with van der Waals surface area (Å²) < 4.78 is 23.8. The number of carbonyl (C=O) groups excluding carboxylic acids is 3. The van der Waals surface area contributed by atoms with Crippen molar-refractivity contribution < 1.29 is 33.3 Å². The molecule has 13 heteroatoms. The first-order chi connectivity index (χ1) is 21.5. The maximum atomic E-state index is 13.3. The number of nitrogens with zero attached hydrogens (tertiary/aromatic N) is 5. The molecule has 1 aliphatic heterocycles. The van der Waals surface area contributed by atoms with Gasteiger partial charge >= 0.3 is 17.9 Å². The molecule has 44 heavy (non-hydrogen) atoms. The number of esters is 3. The minimum Gasteiger partial charge on any atom is -0.459 e. The van der Waals surface area contributed by atoms with Crippen LogP contribution in [0.15, 0.2) is 102 Å². The molecule has 222 valence electrons. The topological polar surface area (TPSA) is 145 Å². The molecule has 1 fully saturated rings. The largest absolute Gasteiger partial charge is 0.459 e. The lowest BCUT2D eigenvalue weighted by atomic mass is 10.1. The zero-order valence-electron chi connectivity index (χ0n) is 23.3. The molecule has 3 aromatic carbocycles. The van der Waals surface area contributed by atoms with E-state index in [1.807, 2.05) is 6.26 Å². The number of aromatic nitrogens is 5. The smallest absolute Gasteiger partial charge is 0.338 e. The number of hydrogen-bond acceptors (Lipinski definition) is 12. The Morgan fingerprint density at radius 3 is 1.86 bits per heavy atom. The Morgan fingerprint density at radius 2 is 1.30 bits per heavy atom. The predicted octanol–water partition coefficient (Wildman–Crippen LogP) is 4.15. The van der Waals surface area contributed by atoms with Gasteiger partial charge < -0.3 is 18.9 Å². The molecule has 6 rings (SSSR count). The number of thioether (sulfide) groups is 1. The molecule has 1 aliphatic rings. The van der Waals surface area contributed by atoms with Gasteiger partial charge in [0.25, 0.3) is 0 Å². The van der Waals surface area contributed by atoms with Crippen LogP contribution in [0, 0.1) is 0 Å². The third-order valence-electron chi connectivity index (χ3n) is 6.77. The average Bonchev–Trinajstić information content (AvgIpc) is 3.66. The summed E-state index contributed by atoms with van der Waals surface area (Å²) >= 11 is 1.36. The van der Waals surface area contributed by atoms with Crippen LogP contribution >= 0.6 is 11.8 Å². The van der Waals surface area contributed by atoms with Crippen molar-refractivity contribution in [3.8, 4) is 0 Å². The van der Waals surface area contributed by atoms with Crippen LogP contribution in [0.3, 0.4) is 0 Å². The van der Waals surface area contributed by atoms with Crippen molar-refractivity contribution in [2.75, 3.05) is 12.9 Å². The number of fused-ring (bicyclic) bond motifs is 1. The van der Waals surface area contributed by atoms with Gasteiger partial charge in [0.15, 0.2) is 17.7 Å². The van der Waals surface area contributed by atoms with Crippen LogP contribution < -0.4 is 0 Å². The Kier molecular flexibility index (Phi) is 8.57. The van der Waals surface area contributed by atoms with Crippen molar-refractivity contribution in [2.24, 2.45) is 0 Å². The van der Waals surface area contributed by atoms with E-state index in [1.165, 1.54) is 22.9 Å². The van der Waals surface area contributed by atoms with E-state index in [0.29, 0.717) is 16.1 Å². The lowest BCUT2D eigenvalue weighted by Gasteiger charge is -2.24. The summed E-state index contributed by atoms with van der Waals surface area (Å²) in [6.07, 6.45) is -1.50. The number of hydrogen-bond donors (Lipinski definition) is 0. The molecule has 0 radical (unpaired) electrons. The molecule has 1 saturated heterocycles. The Morgan fingerprint density at radius 1 is 0.750 bits per heavy atom. The molecule has 5 aromatic rings. The van der Waals surface area contributed by atoms with E-state index in [1.54, 1.807) is 91.0 Å². The summed E-state index contributed by atoms with van der Waals surface area (Å²) in [7, 11) is 0. The van der Waals surface area contributed by atoms with Gasteiger partial charge in [0, 0.05) is 0 Å². The standard InChI is InChI=1S/C31H25N5O7S/c1-44-27-23-26(32-18-33-27)35-36(34-23)28-25(43-31(39)21-15-9-4-10-16-21)24(42-30(38)20-13-7-3-8-14-20)22(41-28)17-40-29(37)19-11-5-2-6-12-19/h2-16,18,22,24-25,28H,17H2,1H3. The second-order valence-corrected chi connectivity index (χ2v) is 10.4. The highest BCUT2D eigenvalue weighted by molar-refractivity contribution is 7.98. The summed E-state index contributed by atoms with van der Waals surface area (Å²) in [6, 6.07) is 25.1. The first kappa shape index (κ1) is 29.0. The summed E-state index contributed by atoms with van der Waals surface area (Å²) in [5, 5.41) is 9.58. The highest BCUT2D eigenvalue weighted by atomic mass is 32.2. The molecule has 4 unspecified atom stereocenters. The SMILES string of the molecule is CSc1ncnc2nn(C3OC(COC(=O)c4ccccc4)C(OC(=O)c4ccccc4)C3OC(=O)c3ccccc3)nc12. The van der Waals surface area contributed by atoms with Crippen LogP contribution in [0.1, 0.15) is 37.3 Å². The highest BCUT2D eigenvalue weighted by Crippen LogP contribution is 2.35. The van der Waals surface area contributed by atoms with E-state index in [4.69, 9.17) is 18.9 Å². The molecule has 12 nitrogen and oxygen atoms in total. The van der Waals surface area contributed by atoms with Crippen LogP contribution in [0.25, 0.3) is 11.2 Å². The van der Waals surface area contributed by atoms with Gasteiger partial charge in [-0.25, -0.2) is 24.4 Å². The molecular weight excluding hydrogens is 586 g/mol. The molecule has 0 aliphatic carbocycles. The van der Waals surface area contributed by atoms with Gasteiger partial charge in [0.05, 0.1) is 16.7 Å². The number of rotatable bonds is 9. The van der Waals surface area contributed by atoms with Crippen LogP contribution in [0.5, 0.6) is 0 Å². The Bertz CT molecular complexity index is 1770. The highest BCUT2D eigenvalue weighted by Gasteiger charge is 2.52. The van der Waals surface area contributed by atoms with Gasteiger partial charge in [-0.05, 0) is 42.7 Å². The normalized spacial score (nSPS) is 19.4. The summed E-state index contributed by atoms with van der Waals surface area (Å²) in [5.41, 5.74) is 1.57. The van der Waals surface area contributed by atoms with Gasteiger partial charge in [-0.2, -0.15) is 0 Å². The fourth-order valence-corrected chi connectivity index (χ4v) is 5.12. The minimum absolute atomic E-state index is 0.270. The fourth-order valence-electron chi connectivity index (χ4n) is 4.64. The average molecular weight is 612 g/mol. The van der Waals surface area contributed by atoms with E-state index in [2.05, 4.69) is 20.2 Å². The van der Waals surface area contributed by atoms with Crippen LogP contribution in [-0.4, -0.2) is 74.0 Å². The van der Waals surface area contributed by atoms with Crippen molar-refractivity contribution >= 4 is 40.8 Å². The summed E-state index contributed by atoms with van der Waals surface area (Å²) in [4.78, 5) is 49.1. The van der Waals surface area contributed by atoms with Gasteiger partial charge in [-0.1, -0.05) is 54.6 Å². The zero-order chi connectivity index (χ0) is 30.5. The molecule has 0 amide bonds. The Hall–Kier alpha value is -5.14. The first-order valence-corrected chi connectivity index (χ1v) is 14.8. The van der Waals surface area contributed by atoms with E-state index in [9.17, 15) is 14.4 Å². The van der Waals surface area contributed by atoms with Gasteiger partial charge in [0.1, 0.15) is 24.1 Å². The summed E-state index contributed by atoms with van der Waals surface area (Å²) in [6.45, 7) is -0.326. The van der Waals surface area contributed by atoms with Crippen molar-refractivity contribution in [1.29, 1.82) is 0 Å². The quantitative estimate of drug-likeness (QED) is 0.102. The molecule has 0 saturated carbocycles. The van der Waals surface area contributed by atoms with E-state index < -0.39 is 42.4 Å². The third-order valence-corrected chi connectivity index (χ3v) is 7.45. The van der Waals surface area contributed by atoms with Crippen molar-refractivity contribution in [3.63, 3.8) is 0 Å². The van der Waals surface area contributed by atoms with Gasteiger partial charge in [-0.3, -0.25) is 0 Å². The molecule has 0 bridgehead atoms. The van der Waals surface area contributed by atoms with E-state index in [-0.39, 0.29) is 23.4 Å². The second kappa shape index (κ2) is 13.0. The second-order valence-electron chi connectivity index (χ2n) is 9.58. The molecule has 0 spiro atoms. The fraction of sp³-hybridized carbons (Fsp3) is 0.194. The molecule has 4 atom stereocenters. The number of carbonyl (C=O) groups is 3. The van der Waals surface area contributed by atoms with Crippen molar-refractivity contribution in [1.82, 2.24) is 25.0 Å². The van der Waals surface area contributed by atoms with E-state index >= 15 is 0 Å². The Labute approximate surface area is 255 Å². The van der Waals surface area contributed by atoms with Crippen LogP contribution in [0.4, 0.5) is 0 Å². The monoisotopic (exact) mass is 611 g/mol. The molecular formula is C31H25N5O7S. The van der Waals surface area contributed by atoms with Gasteiger partial charge in [-0.15, -0.1) is 26.8 Å². The van der Waals surface area contributed by atoms with Crippen molar-refractivity contribution in [2.45, 2.75) is 29.6 Å². The molecule has 3 heterocycles. The Balaban J connectivity index is 1.37. The summed E-state index contributed by atoms with van der Waals surface area (Å²) in [5.74, 6) is -1.98. The first-order valence-electron chi connectivity index (χ1n) is 13.5.